The molecule has 0 radical (unpaired) electrons. The van der Waals surface area contributed by atoms with E-state index in [9.17, 15) is 0 Å². The van der Waals surface area contributed by atoms with Crippen LogP contribution in [0.3, 0.4) is 0 Å². The molecular formula is C18H30N6. The summed E-state index contributed by atoms with van der Waals surface area (Å²) in [5.74, 6) is 1.20. The number of aromatic nitrogens is 3. The van der Waals surface area contributed by atoms with Gasteiger partial charge in [-0.3, -0.25) is 5.43 Å². The van der Waals surface area contributed by atoms with E-state index in [0.717, 1.165) is 12.8 Å². The first-order valence-electron chi connectivity index (χ1n) is 8.53. The first-order chi connectivity index (χ1) is 11.3. The second-order valence-corrected chi connectivity index (χ2v) is 7.52. The van der Waals surface area contributed by atoms with E-state index in [0.29, 0.717) is 25.0 Å². The Morgan fingerprint density at radius 2 is 1.71 bits per heavy atom. The molecule has 1 aromatic rings. The zero-order valence-electron chi connectivity index (χ0n) is 15.4. The van der Waals surface area contributed by atoms with Gasteiger partial charge in [-0.05, 0) is 47.0 Å². The molecule has 0 spiro atoms. The fourth-order valence-corrected chi connectivity index (χ4v) is 3.44. The van der Waals surface area contributed by atoms with Gasteiger partial charge in [0.1, 0.15) is 6.33 Å². The van der Waals surface area contributed by atoms with Crippen LogP contribution in [0, 0.1) is 0 Å². The van der Waals surface area contributed by atoms with E-state index in [2.05, 4.69) is 66.2 Å². The molecule has 1 fully saturated rings. The smallest absolute Gasteiger partial charge is 0.242 e. The van der Waals surface area contributed by atoms with E-state index in [1.54, 1.807) is 6.33 Å². The molecule has 1 aliphatic rings. The van der Waals surface area contributed by atoms with Gasteiger partial charge in [-0.1, -0.05) is 12.2 Å². The highest BCUT2D eigenvalue weighted by Crippen LogP contribution is 2.37. The topological polar surface area (TPSA) is 57.2 Å². The monoisotopic (exact) mass is 330 g/mol. The van der Waals surface area contributed by atoms with Crippen LogP contribution >= 0.6 is 0 Å². The quantitative estimate of drug-likeness (QED) is 0.773. The van der Waals surface area contributed by atoms with Gasteiger partial charge in [0.2, 0.25) is 11.9 Å². The van der Waals surface area contributed by atoms with Gasteiger partial charge in [-0.15, -0.1) is 13.2 Å². The molecule has 1 saturated heterocycles. The van der Waals surface area contributed by atoms with Crippen LogP contribution in [-0.2, 0) is 0 Å². The standard InChI is InChI=1S/C18H30N6/c1-7-12-23(13-8-2)16-20-14-19-15(21-16)22-24-17(3,4)10-9-11-18(24,5)6/h7-8,14H,1-2,9-13H2,3-6H3,(H,19,20,21,22). The summed E-state index contributed by atoms with van der Waals surface area (Å²) < 4.78 is 0. The lowest BCUT2D eigenvalue weighted by Crippen LogP contribution is -2.61. The third-order valence-corrected chi connectivity index (χ3v) is 4.54. The maximum atomic E-state index is 4.59. The van der Waals surface area contributed by atoms with Gasteiger partial charge < -0.3 is 4.90 Å². The molecule has 0 aromatic carbocycles. The van der Waals surface area contributed by atoms with Crippen LogP contribution in [0.15, 0.2) is 31.6 Å². The van der Waals surface area contributed by atoms with E-state index >= 15 is 0 Å². The second-order valence-electron chi connectivity index (χ2n) is 7.52. The van der Waals surface area contributed by atoms with E-state index in [-0.39, 0.29) is 11.1 Å². The maximum Gasteiger partial charge on any atom is 0.242 e. The van der Waals surface area contributed by atoms with Crippen LogP contribution in [-0.4, -0.2) is 44.1 Å². The van der Waals surface area contributed by atoms with Crippen LogP contribution < -0.4 is 10.3 Å². The molecule has 6 heteroatoms. The Bertz CT molecular complexity index is 555. The number of hydrogen-bond donors (Lipinski definition) is 1. The summed E-state index contributed by atoms with van der Waals surface area (Å²) in [6, 6.07) is 0. The van der Waals surface area contributed by atoms with Gasteiger partial charge in [-0.25, -0.2) is 15.0 Å². The molecule has 6 nitrogen and oxygen atoms in total. The van der Waals surface area contributed by atoms with E-state index in [4.69, 9.17) is 0 Å². The minimum Gasteiger partial charge on any atom is -0.333 e. The predicted octanol–water partition coefficient (Wildman–Crippen LogP) is 3.42. The first kappa shape index (κ1) is 18.4. The van der Waals surface area contributed by atoms with Crippen molar-refractivity contribution in [3.63, 3.8) is 0 Å². The third kappa shape index (κ3) is 4.12. The highest BCUT2D eigenvalue weighted by atomic mass is 15.6. The molecule has 0 atom stereocenters. The van der Waals surface area contributed by atoms with Crippen LogP contribution in [0.25, 0.3) is 0 Å². The van der Waals surface area contributed by atoms with Gasteiger partial charge in [0.15, 0.2) is 0 Å². The first-order valence-corrected chi connectivity index (χ1v) is 8.53. The number of hydrazine groups is 1. The summed E-state index contributed by atoms with van der Waals surface area (Å²) in [5, 5.41) is 2.29. The van der Waals surface area contributed by atoms with Crippen molar-refractivity contribution in [3.8, 4) is 0 Å². The molecule has 1 N–H and O–H groups in total. The highest BCUT2D eigenvalue weighted by Gasteiger charge is 2.42. The van der Waals surface area contributed by atoms with Crippen molar-refractivity contribution >= 4 is 11.9 Å². The van der Waals surface area contributed by atoms with Crippen LogP contribution in [0.5, 0.6) is 0 Å². The number of nitrogens with one attached hydrogen (secondary N) is 1. The molecule has 1 aliphatic heterocycles. The van der Waals surface area contributed by atoms with Crippen LogP contribution in [0.2, 0.25) is 0 Å². The predicted molar refractivity (Wildman–Crippen MR) is 99.9 cm³/mol. The third-order valence-electron chi connectivity index (χ3n) is 4.54. The Labute approximate surface area is 145 Å². The van der Waals surface area contributed by atoms with Crippen molar-refractivity contribution in [1.29, 1.82) is 0 Å². The average Bonchev–Trinajstić information content (AvgIpc) is 2.51. The largest absolute Gasteiger partial charge is 0.333 e. The zero-order valence-corrected chi connectivity index (χ0v) is 15.4. The van der Waals surface area contributed by atoms with Crippen molar-refractivity contribution in [3.05, 3.63) is 31.6 Å². The lowest BCUT2D eigenvalue weighted by Gasteiger charge is -2.52. The van der Waals surface area contributed by atoms with Gasteiger partial charge in [-0.2, -0.15) is 4.98 Å². The molecule has 2 heterocycles. The SMILES string of the molecule is C=CCN(CC=C)c1ncnc(NN2C(C)(C)CCCC2(C)C)n1. The molecular weight excluding hydrogens is 300 g/mol. The minimum atomic E-state index is 0.0382. The lowest BCUT2D eigenvalue weighted by molar-refractivity contribution is -0.00402. The minimum absolute atomic E-state index is 0.0382. The Hall–Kier alpha value is -1.95. The number of nitrogens with zero attached hydrogens (tertiary/aromatic N) is 5. The Kier molecular flexibility index (Phi) is 5.59. The number of rotatable bonds is 7. The summed E-state index contributed by atoms with van der Waals surface area (Å²) in [4.78, 5) is 15.2. The Morgan fingerprint density at radius 1 is 1.12 bits per heavy atom. The molecule has 24 heavy (non-hydrogen) atoms. The van der Waals surface area contributed by atoms with Crippen molar-refractivity contribution in [2.45, 2.75) is 58.0 Å². The summed E-state index contributed by atoms with van der Waals surface area (Å²) in [7, 11) is 0. The van der Waals surface area contributed by atoms with Gasteiger partial charge in [0, 0.05) is 24.2 Å². The van der Waals surface area contributed by atoms with Gasteiger partial charge >= 0.3 is 0 Å². The fourth-order valence-electron chi connectivity index (χ4n) is 3.44. The summed E-state index contributed by atoms with van der Waals surface area (Å²) in [6.07, 6.45) is 8.72. The number of anilines is 2. The Morgan fingerprint density at radius 3 is 2.25 bits per heavy atom. The van der Waals surface area contributed by atoms with E-state index in [1.165, 1.54) is 6.42 Å². The molecule has 132 valence electrons. The van der Waals surface area contributed by atoms with E-state index in [1.807, 2.05) is 17.1 Å². The normalized spacial score (nSPS) is 19.5. The highest BCUT2D eigenvalue weighted by molar-refractivity contribution is 5.37. The molecule has 0 amide bonds. The fraction of sp³-hybridized carbons (Fsp3) is 0.611. The summed E-state index contributed by atoms with van der Waals surface area (Å²) in [5.41, 5.74) is 3.51. The van der Waals surface area contributed by atoms with Gasteiger partial charge in [0.25, 0.3) is 0 Å². The van der Waals surface area contributed by atoms with Crippen LogP contribution in [0.1, 0.15) is 47.0 Å². The maximum absolute atomic E-state index is 4.59. The van der Waals surface area contributed by atoms with Crippen molar-refractivity contribution in [1.82, 2.24) is 20.0 Å². The van der Waals surface area contributed by atoms with Crippen molar-refractivity contribution in [2.75, 3.05) is 23.4 Å². The molecule has 0 bridgehead atoms. The zero-order chi connectivity index (χ0) is 17.8. The molecule has 0 aliphatic carbocycles. The lowest BCUT2D eigenvalue weighted by atomic mass is 9.82. The average molecular weight is 330 g/mol. The van der Waals surface area contributed by atoms with Crippen LogP contribution in [0.4, 0.5) is 11.9 Å². The molecule has 1 aromatic heterocycles. The molecule has 0 unspecified atom stereocenters. The van der Waals surface area contributed by atoms with Gasteiger partial charge in [0.05, 0.1) is 0 Å². The molecule has 2 rings (SSSR count). The van der Waals surface area contributed by atoms with Crippen molar-refractivity contribution in [2.24, 2.45) is 0 Å². The summed E-state index contributed by atoms with van der Waals surface area (Å²) >= 11 is 0. The number of piperidine rings is 1. The van der Waals surface area contributed by atoms with Crippen molar-refractivity contribution < 1.29 is 0 Å². The Balaban J connectivity index is 2.24. The summed E-state index contributed by atoms with van der Waals surface area (Å²) in [6.45, 7) is 17.9. The molecule has 0 saturated carbocycles. The number of hydrogen-bond acceptors (Lipinski definition) is 6. The van der Waals surface area contributed by atoms with E-state index < -0.39 is 0 Å². The second kappa shape index (κ2) is 7.30.